The van der Waals surface area contributed by atoms with E-state index in [1.165, 1.54) is 11.8 Å². The lowest BCUT2D eigenvalue weighted by Crippen LogP contribution is -2.27. The van der Waals surface area contributed by atoms with Crippen LogP contribution in [0.3, 0.4) is 0 Å². The molecular formula is C15H15N3O3S2. The van der Waals surface area contributed by atoms with Crippen LogP contribution in [0.2, 0.25) is 0 Å². The second kappa shape index (κ2) is 7.01. The van der Waals surface area contributed by atoms with E-state index in [1.54, 1.807) is 23.7 Å². The number of amides is 1. The zero-order chi connectivity index (χ0) is 16.2. The van der Waals surface area contributed by atoms with E-state index in [-0.39, 0.29) is 17.7 Å². The first kappa shape index (κ1) is 15.8. The summed E-state index contributed by atoms with van der Waals surface area (Å²) < 4.78 is 10.7. The first-order chi connectivity index (χ1) is 11.1. The molecule has 0 aliphatic heterocycles. The third-order valence-electron chi connectivity index (χ3n) is 3.17. The number of rotatable bonds is 6. The van der Waals surface area contributed by atoms with Crippen molar-refractivity contribution in [2.45, 2.75) is 25.1 Å². The Morgan fingerprint density at radius 3 is 3.00 bits per heavy atom. The van der Waals surface area contributed by atoms with Crippen molar-refractivity contribution in [2.24, 2.45) is 0 Å². The summed E-state index contributed by atoms with van der Waals surface area (Å²) >= 11 is 2.83. The number of aromatic nitrogens is 2. The van der Waals surface area contributed by atoms with Crippen LogP contribution in [0.1, 0.15) is 23.6 Å². The smallest absolute Gasteiger partial charge is 0.277 e. The molecule has 1 unspecified atom stereocenters. The molecule has 1 N–H and O–H groups in total. The second-order valence-electron chi connectivity index (χ2n) is 4.86. The molecular weight excluding hydrogens is 334 g/mol. The third-order valence-corrected chi connectivity index (χ3v) is 5.04. The van der Waals surface area contributed by atoms with Gasteiger partial charge in [0.1, 0.15) is 5.76 Å². The fourth-order valence-corrected chi connectivity index (χ4v) is 3.31. The Balaban J connectivity index is 1.53. The van der Waals surface area contributed by atoms with Crippen molar-refractivity contribution in [3.63, 3.8) is 0 Å². The number of thioether (sulfide) groups is 1. The normalized spacial score (nSPS) is 12.3. The first-order valence-corrected chi connectivity index (χ1v) is 8.83. The van der Waals surface area contributed by atoms with Gasteiger partial charge in [-0.2, -0.15) is 0 Å². The van der Waals surface area contributed by atoms with E-state index in [0.717, 1.165) is 10.4 Å². The highest BCUT2D eigenvalue weighted by Gasteiger charge is 2.15. The van der Waals surface area contributed by atoms with Crippen molar-refractivity contribution in [3.05, 3.63) is 40.5 Å². The largest absolute Gasteiger partial charge is 0.469 e. The molecule has 0 fully saturated rings. The van der Waals surface area contributed by atoms with Crippen molar-refractivity contribution in [1.29, 1.82) is 0 Å². The van der Waals surface area contributed by atoms with Crippen LogP contribution in [0.5, 0.6) is 0 Å². The highest BCUT2D eigenvalue weighted by molar-refractivity contribution is 7.99. The fraction of sp³-hybridized carbons (Fsp3) is 0.267. The van der Waals surface area contributed by atoms with Crippen LogP contribution >= 0.6 is 23.1 Å². The van der Waals surface area contributed by atoms with E-state index < -0.39 is 0 Å². The van der Waals surface area contributed by atoms with Crippen molar-refractivity contribution in [1.82, 2.24) is 15.5 Å². The molecule has 8 heteroatoms. The van der Waals surface area contributed by atoms with Crippen molar-refractivity contribution < 1.29 is 13.6 Å². The maximum absolute atomic E-state index is 12.0. The molecule has 1 amide bonds. The molecule has 3 aromatic heterocycles. The van der Waals surface area contributed by atoms with Gasteiger partial charge in [-0.15, -0.1) is 21.5 Å². The molecule has 0 spiro atoms. The minimum absolute atomic E-state index is 0.00470. The number of thiophene rings is 1. The number of carbonyl (C=O) groups is 1. The minimum Gasteiger partial charge on any atom is -0.469 e. The topological polar surface area (TPSA) is 81.2 Å². The molecule has 23 heavy (non-hydrogen) atoms. The quantitative estimate of drug-likeness (QED) is 0.684. The van der Waals surface area contributed by atoms with E-state index >= 15 is 0 Å². The Hall–Kier alpha value is -2.06. The Kier molecular flexibility index (Phi) is 4.82. The molecule has 120 valence electrons. The Morgan fingerprint density at radius 2 is 2.30 bits per heavy atom. The van der Waals surface area contributed by atoms with E-state index in [4.69, 9.17) is 8.83 Å². The molecule has 0 saturated heterocycles. The predicted octanol–water partition coefficient (Wildman–Crippen LogP) is 3.67. The number of nitrogens with one attached hydrogen (secondary N) is 1. The first-order valence-electron chi connectivity index (χ1n) is 6.97. The molecule has 0 aromatic carbocycles. The highest BCUT2D eigenvalue weighted by atomic mass is 32.2. The number of hydrogen-bond acceptors (Lipinski definition) is 7. The van der Waals surface area contributed by atoms with Crippen LogP contribution in [0, 0.1) is 6.92 Å². The van der Waals surface area contributed by atoms with Gasteiger partial charge in [-0.3, -0.25) is 4.79 Å². The van der Waals surface area contributed by atoms with E-state index in [0.29, 0.717) is 16.9 Å². The number of nitrogens with zero attached hydrogens (tertiary/aromatic N) is 2. The summed E-state index contributed by atoms with van der Waals surface area (Å²) in [7, 11) is 0. The summed E-state index contributed by atoms with van der Waals surface area (Å²) in [5.41, 5.74) is 0.764. The van der Waals surface area contributed by atoms with Gasteiger partial charge in [0.05, 0.1) is 23.6 Å². The van der Waals surface area contributed by atoms with E-state index in [9.17, 15) is 4.79 Å². The van der Waals surface area contributed by atoms with E-state index in [1.807, 2.05) is 31.4 Å². The summed E-state index contributed by atoms with van der Waals surface area (Å²) in [4.78, 5) is 13.1. The highest BCUT2D eigenvalue weighted by Crippen LogP contribution is 2.26. The average molecular weight is 349 g/mol. The van der Waals surface area contributed by atoms with Crippen molar-refractivity contribution in [2.75, 3.05) is 5.75 Å². The third kappa shape index (κ3) is 3.83. The van der Waals surface area contributed by atoms with Gasteiger partial charge >= 0.3 is 0 Å². The summed E-state index contributed by atoms with van der Waals surface area (Å²) in [6, 6.07) is 5.73. The van der Waals surface area contributed by atoms with E-state index in [2.05, 4.69) is 15.5 Å². The van der Waals surface area contributed by atoms with Crippen molar-refractivity contribution >= 4 is 29.0 Å². The number of carbonyl (C=O) groups excluding carboxylic acids is 1. The van der Waals surface area contributed by atoms with Gasteiger partial charge in [0, 0.05) is 4.88 Å². The lowest BCUT2D eigenvalue weighted by Gasteiger charge is -2.11. The number of furan rings is 1. The van der Waals surface area contributed by atoms with Gasteiger partial charge in [0.15, 0.2) is 0 Å². The molecule has 6 nitrogen and oxygen atoms in total. The summed E-state index contributed by atoms with van der Waals surface area (Å²) in [5, 5.41) is 13.2. The maximum Gasteiger partial charge on any atom is 0.277 e. The lowest BCUT2D eigenvalue weighted by atomic mass is 10.3. The van der Waals surface area contributed by atoms with Crippen LogP contribution in [0.15, 0.2) is 43.9 Å². The van der Waals surface area contributed by atoms with Crippen LogP contribution in [-0.2, 0) is 4.79 Å². The molecule has 0 bridgehead atoms. The summed E-state index contributed by atoms with van der Waals surface area (Å²) in [6.07, 6.45) is 1.57. The van der Waals surface area contributed by atoms with Gasteiger partial charge in [-0.25, -0.2) is 0 Å². The monoisotopic (exact) mass is 349 g/mol. The zero-order valence-electron chi connectivity index (χ0n) is 12.6. The Bertz CT molecular complexity index is 780. The Labute approximate surface area is 141 Å². The standard InChI is InChI=1S/C15H15N3O3S2/c1-9(12-4-3-7-22-12)16-13(19)8-23-15-18-17-14(21-15)11-5-6-20-10(11)2/h3-7,9H,8H2,1-2H3,(H,16,19). The molecule has 0 radical (unpaired) electrons. The minimum atomic E-state index is -0.0739. The van der Waals surface area contributed by atoms with Crippen LogP contribution in [-0.4, -0.2) is 21.9 Å². The zero-order valence-corrected chi connectivity index (χ0v) is 14.2. The van der Waals surface area contributed by atoms with Gasteiger partial charge in [0.2, 0.25) is 5.91 Å². The molecule has 0 saturated carbocycles. The second-order valence-corrected chi connectivity index (χ2v) is 6.76. The summed E-state index contributed by atoms with van der Waals surface area (Å²) in [6.45, 7) is 3.78. The average Bonchev–Trinajstić information content (AvgIpc) is 3.26. The molecule has 0 aliphatic rings. The Morgan fingerprint density at radius 1 is 1.43 bits per heavy atom. The SMILES string of the molecule is Cc1occc1-c1nnc(SCC(=O)NC(C)c2cccs2)o1. The molecule has 3 heterocycles. The van der Waals surface area contributed by atoms with Crippen molar-refractivity contribution in [3.8, 4) is 11.5 Å². The van der Waals surface area contributed by atoms with Gasteiger partial charge in [-0.1, -0.05) is 17.8 Å². The fourth-order valence-electron chi connectivity index (χ4n) is 2.00. The van der Waals surface area contributed by atoms with Crippen LogP contribution < -0.4 is 5.32 Å². The van der Waals surface area contributed by atoms with Crippen LogP contribution in [0.4, 0.5) is 0 Å². The molecule has 3 aromatic rings. The maximum atomic E-state index is 12.0. The number of aryl methyl sites for hydroxylation is 1. The molecule has 0 aliphatic carbocycles. The van der Waals surface area contributed by atoms with Gasteiger partial charge in [0.25, 0.3) is 11.1 Å². The number of hydrogen-bond donors (Lipinski definition) is 1. The predicted molar refractivity (Wildman–Crippen MR) is 88.3 cm³/mol. The molecule has 3 rings (SSSR count). The van der Waals surface area contributed by atoms with Crippen LogP contribution in [0.25, 0.3) is 11.5 Å². The van der Waals surface area contributed by atoms with Gasteiger partial charge in [-0.05, 0) is 31.4 Å². The molecule has 1 atom stereocenters. The summed E-state index contributed by atoms with van der Waals surface area (Å²) in [5.74, 6) is 1.26. The lowest BCUT2D eigenvalue weighted by molar-refractivity contribution is -0.119. The van der Waals surface area contributed by atoms with Gasteiger partial charge < -0.3 is 14.2 Å².